The van der Waals surface area contributed by atoms with Gasteiger partial charge >= 0.3 is 5.51 Å². The standard InChI is InChI=1S/C17H20F3N3O3S/c1-12-14(13(2)26-21-12)11-22-7-9-23(10-8-22)15-5-3-4-6-16(15)27(24,25)17(18,19)20/h3-6H,7-11H2,1-2H3. The maximum Gasteiger partial charge on any atom is 0.501 e. The highest BCUT2D eigenvalue weighted by molar-refractivity contribution is 7.92. The van der Waals surface area contributed by atoms with Crippen molar-refractivity contribution < 1.29 is 26.1 Å². The highest BCUT2D eigenvalue weighted by Gasteiger charge is 2.48. The van der Waals surface area contributed by atoms with Crippen LogP contribution in [0.2, 0.25) is 0 Å². The SMILES string of the molecule is Cc1noc(C)c1CN1CCN(c2ccccc2S(=O)(=O)C(F)(F)F)CC1. The molecule has 1 aliphatic rings. The van der Waals surface area contributed by atoms with Crippen LogP contribution in [0.15, 0.2) is 33.7 Å². The van der Waals surface area contributed by atoms with Gasteiger partial charge in [-0.2, -0.15) is 13.2 Å². The van der Waals surface area contributed by atoms with Crippen LogP contribution in [0.25, 0.3) is 0 Å². The molecule has 2 aromatic rings. The maximum absolute atomic E-state index is 13.0. The Bertz CT molecular complexity index is 897. The van der Waals surface area contributed by atoms with Crippen molar-refractivity contribution in [2.45, 2.75) is 30.8 Å². The van der Waals surface area contributed by atoms with E-state index in [9.17, 15) is 21.6 Å². The first-order valence-electron chi connectivity index (χ1n) is 8.40. The van der Waals surface area contributed by atoms with Crippen molar-refractivity contribution in [1.82, 2.24) is 10.1 Å². The van der Waals surface area contributed by atoms with E-state index in [1.807, 2.05) is 13.8 Å². The van der Waals surface area contributed by atoms with Gasteiger partial charge in [0.15, 0.2) is 0 Å². The summed E-state index contributed by atoms with van der Waals surface area (Å²) in [7, 11) is -5.40. The maximum atomic E-state index is 13.0. The monoisotopic (exact) mass is 403 g/mol. The lowest BCUT2D eigenvalue weighted by Crippen LogP contribution is -2.46. The van der Waals surface area contributed by atoms with Crippen LogP contribution in [0.4, 0.5) is 18.9 Å². The molecule has 1 aromatic carbocycles. The van der Waals surface area contributed by atoms with Gasteiger partial charge in [-0.1, -0.05) is 17.3 Å². The summed E-state index contributed by atoms with van der Waals surface area (Å²) in [5.74, 6) is 0.747. The fourth-order valence-corrected chi connectivity index (χ4v) is 4.15. The third-order valence-electron chi connectivity index (χ3n) is 4.74. The van der Waals surface area contributed by atoms with Crippen LogP contribution in [-0.2, 0) is 16.4 Å². The first-order valence-corrected chi connectivity index (χ1v) is 9.89. The van der Waals surface area contributed by atoms with Crippen LogP contribution in [-0.4, -0.2) is 50.2 Å². The molecule has 0 N–H and O–H groups in total. The van der Waals surface area contributed by atoms with Crippen LogP contribution in [0, 0.1) is 13.8 Å². The molecule has 0 unspecified atom stereocenters. The molecule has 6 nitrogen and oxygen atoms in total. The van der Waals surface area contributed by atoms with Crippen molar-refractivity contribution >= 4 is 15.5 Å². The summed E-state index contributed by atoms with van der Waals surface area (Å²) in [5.41, 5.74) is -3.42. The van der Waals surface area contributed by atoms with Crippen LogP contribution in [0.3, 0.4) is 0 Å². The third kappa shape index (κ3) is 3.81. The van der Waals surface area contributed by atoms with Gasteiger partial charge in [0.05, 0.1) is 16.3 Å². The number of anilines is 1. The first kappa shape index (κ1) is 19.7. The summed E-state index contributed by atoms with van der Waals surface area (Å²) in [4.78, 5) is 3.13. The molecule has 1 fully saturated rings. The van der Waals surface area contributed by atoms with E-state index in [1.54, 1.807) is 11.0 Å². The molecule has 0 radical (unpaired) electrons. The second kappa shape index (κ2) is 7.16. The third-order valence-corrected chi connectivity index (χ3v) is 6.27. The van der Waals surface area contributed by atoms with E-state index in [1.165, 1.54) is 12.1 Å². The predicted octanol–water partition coefficient (Wildman–Crippen LogP) is 2.91. The lowest BCUT2D eigenvalue weighted by atomic mass is 10.1. The Hall–Kier alpha value is -2.07. The van der Waals surface area contributed by atoms with Crippen molar-refractivity contribution in [3.8, 4) is 0 Å². The molecule has 1 saturated heterocycles. The van der Waals surface area contributed by atoms with Crippen LogP contribution >= 0.6 is 0 Å². The molecule has 3 rings (SSSR count). The minimum atomic E-state index is -5.40. The number of rotatable bonds is 4. The Morgan fingerprint density at radius 1 is 1.11 bits per heavy atom. The number of sulfone groups is 1. The minimum absolute atomic E-state index is 0.0896. The zero-order chi connectivity index (χ0) is 19.8. The molecule has 0 saturated carbocycles. The van der Waals surface area contributed by atoms with Crippen molar-refractivity contribution in [1.29, 1.82) is 0 Å². The van der Waals surface area contributed by atoms with Gasteiger partial charge in [-0.15, -0.1) is 0 Å². The number of aromatic nitrogens is 1. The Kier molecular flexibility index (Phi) is 5.22. The molecule has 0 bridgehead atoms. The Morgan fingerprint density at radius 3 is 2.30 bits per heavy atom. The normalized spacial score (nSPS) is 16.7. The van der Waals surface area contributed by atoms with Gasteiger partial charge in [-0.3, -0.25) is 4.90 Å². The van der Waals surface area contributed by atoms with Gasteiger partial charge in [0.1, 0.15) is 5.76 Å². The van der Waals surface area contributed by atoms with E-state index < -0.39 is 20.2 Å². The zero-order valence-corrected chi connectivity index (χ0v) is 15.8. The molecule has 0 aliphatic carbocycles. The fourth-order valence-electron chi connectivity index (χ4n) is 3.17. The molecule has 1 aromatic heterocycles. The summed E-state index contributed by atoms with van der Waals surface area (Å²) in [6.07, 6.45) is 0. The largest absolute Gasteiger partial charge is 0.501 e. The molecule has 0 spiro atoms. The van der Waals surface area contributed by atoms with Crippen LogP contribution < -0.4 is 4.90 Å². The second-order valence-corrected chi connectivity index (χ2v) is 8.39. The van der Waals surface area contributed by atoms with Crippen molar-refractivity contribution in [3.63, 3.8) is 0 Å². The topological polar surface area (TPSA) is 66.7 Å². The molecule has 2 heterocycles. The number of piperazine rings is 1. The number of nitrogens with zero attached hydrogens (tertiary/aromatic N) is 3. The summed E-state index contributed by atoms with van der Waals surface area (Å²) < 4.78 is 67.9. The number of alkyl halides is 3. The molecule has 1 aliphatic heterocycles. The highest BCUT2D eigenvalue weighted by Crippen LogP contribution is 2.36. The summed E-state index contributed by atoms with van der Waals surface area (Å²) in [6, 6.07) is 5.27. The van der Waals surface area contributed by atoms with Crippen molar-refractivity contribution in [2.75, 3.05) is 31.1 Å². The van der Waals surface area contributed by atoms with E-state index in [4.69, 9.17) is 4.52 Å². The zero-order valence-electron chi connectivity index (χ0n) is 15.0. The molecule has 0 atom stereocenters. The van der Waals surface area contributed by atoms with Gasteiger partial charge < -0.3 is 9.42 Å². The number of hydrogen-bond acceptors (Lipinski definition) is 6. The number of aryl methyl sites for hydroxylation is 2. The Balaban J connectivity index is 1.76. The number of benzene rings is 1. The van der Waals surface area contributed by atoms with E-state index in [0.29, 0.717) is 32.7 Å². The number of para-hydroxylation sites is 1. The highest BCUT2D eigenvalue weighted by atomic mass is 32.2. The molecular weight excluding hydrogens is 383 g/mol. The van der Waals surface area contributed by atoms with E-state index in [0.717, 1.165) is 23.1 Å². The van der Waals surface area contributed by atoms with Gasteiger partial charge in [0.25, 0.3) is 9.84 Å². The number of hydrogen-bond donors (Lipinski definition) is 0. The average Bonchev–Trinajstić information content (AvgIpc) is 2.93. The minimum Gasteiger partial charge on any atom is -0.368 e. The lowest BCUT2D eigenvalue weighted by Gasteiger charge is -2.36. The molecule has 27 heavy (non-hydrogen) atoms. The lowest BCUT2D eigenvalue weighted by molar-refractivity contribution is -0.0435. The number of halogens is 3. The molecule has 0 amide bonds. The van der Waals surface area contributed by atoms with Crippen LogP contribution in [0.1, 0.15) is 17.0 Å². The average molecular weight is 403 g/mol. The van der Waals surface area contributed by atoms with E-state index in [2.05, 4.69) is 10.1 Å². The van der Waals surface area contributed by atoms with E-state index >= 15 is 0 Å². The summed E-state index contributed by atoms with van der Waals surface area (Å²) in [6.45, 7) is 6.36. The van der Waals surface area contributed by atoms with E-state index in [-0.39, 0.29) is 5.69 Å². The second-order valence-electron chi connectivity index (χ2n) is 6.48. The summed E-state index contributed by atoms with van der Waals surface area (Å²) >= 11 is 0. The fraction of sp³-hybridized carbons (Fsp3) is 0.471. The predicted molar refractivity (Wildman–Crippen MR) is 93.1 cm³/mol. The molecule has 10 heteroatoms. The Morgan fingerprint density at radius 2 is 1.74 bits per heavy atom. The van der Waals surface area contributed by atoms with Crippen LogP contribution in [0.5, 0.6) is 0 Å². The van der Waals surface area contributed by atoms with Gasteiger partial charge in [0, 0.05) is 38.3 Å². The smallest absolute Gasteiger partial charge is 0.368 e. The molecule has 148 valence electrons. The Labute approximate surface area is 155 Å². The van der Waals surface area contributed by atoms with Gasteiger partial charge in [-0.05, 0) is 26.0 Å². The van der Waals surface area contributed by atoms with Crippen molar-refractivity contribution in [3.05, 3.63) is 41.3 Å². The first-order chi connectivity index (χ1) is 12.6. The van der Waals surface area contributed by atoms with Gasteiger partial charge in [-0.25, -0.2) is 8.42 Å². The summed E-state index contributed by atoms with van der Waals surface area (Å²) in [5, 5.41) is 3.92. The van der Waals surface area contributed by atoms with Gasteiger partial charge in [0.2, 0.25) is 0 Å². The molecular formula is C17H20F3N3O3S. The van der Waals surface area contributed by atoms with Crippen molar-refractivity contribution in [2.24, 2.45) is 0 Å². The quantitative estimate of drug-likeness (QED) is 0.782.